The quantitative estimate of drug-likeness (QED) is 0.797. The lowest BCUT2D eigenvalue weighted by Gasteiger charge is -2.36. The van der Waals surface area contributed by atoms with Crippen LogP contribution in [0.4, 0.5) is 5.82 Å². The first-order valence-corrected chi connectivity index (χ1v) is 6.95. The van der Waals surface area contributed by atoms with Crippen LogP contribution in [0.5, 0.6) is 0 Å². The van der Waals surface area contributed by atoms with E-state index in [0.29, 0.717) is 0 Å². The van der Waals surface area contributed by atoms with Crippen molar-refractivity contribution in [3.63, 3.8) is 0 Å². The van der Waals surface area contributed by atoms with Gasteiger partial charge in [0.1, 0.15) is 5.82 Å². The molecule has 1 rings (SSSR count). The maximum absolute atomic E-state index is 4.77. The standard InChI is InChI=1S/C16H27N3/c1-7-9-19(16(3,4)5)15-11-13(12-17-6)10-14(8-2)18-15/h7,10-11,17H,1,8-9,12H2,2-6H3. The molecule has 0 bridgehead atoms. The maximum atomic E-state index is 4.77. The Kier molecular flexibility index (Phi) is 5.55. The number of aryl methyl sites for hydroxylation is 1. The summed E-state index contributed by atoms with van der Waals surface area (Å²) in [4.78, 5) is 7.06. The molecule has 1 aromatic rings. The number of anilines is 1. The third-order valence-electron chi connectivity index (χ3n) is 3.07. The van der Waals surface area contributed by atoms with Crippen LogP contribution >= 0.6 is 0 Å². The second-order valence-corrected chi connectivity index (χ2v) is 5.78. The summed E-state index contributed by atoms with van der Waals surface area (Å²) in [6.07, 6.45) is 2.89. The van der Waals surface area contributed by atoms with Gasteiger partial charge in [0.05, 0.1) is 0 Å². The second-order valence-electron chi connectivity index (χ2n) is 5.78. The van der Waals surface area contributed by atoms with E-state index in [1.54, 1.807) is 0 Å². The number of nitrogens with zero attached hydrogens (tertiary/aromatic N) is 2. The highest BCUT2D eigenvalue weighted by Crippen LogP contribution is 2.23. The Labute approximate surface area is 117 Å². The molecule has 0 aliphatic rings. The molecule has 0 saturated carbocycles. The summed E-state index contributed by atoms with van der Waals surface area (Å²) in [6.45, 7) is 14.3. The summed E-state index contributed by atoms with van der Waals surface area (Å²) < 4.78 is 0. The third-order valence-corrected chi connectivity index (χ3v) is 3.07. The molecule has 1 aromatic heterocycles. The Bertz CT molecular complexity index is 418. The summed E-state index contributed by atoms with van der Waals surface area (Å²) in [5, 5.41) is 3.21. The Morgan fingerprint density at radius 1 is 1.37 bits per heavy atom. The van der Waals surface area contributed by atoms with Crippen LogP contribution in [0.2, 0.25) is 0 Å². The average Bonchev–Trinajstić information content (AvgIpc) is 2.34. The van der Waals surface area contributed by atoms with Crippen LogP contribution in [0.25, 0.3) is 0 Å². The van der Waals surface area contributed by atoms with Crippen LogP contribution in [-0.4, -0.2) is 24.1 Å². The van der Waals surface area contributed by atoms with Gasteiger partial charge in [0.15, 0.2) is 0 Å². The van der Waals surface area contributed by atoms with Gasteiger partial charge < -0.3 is 10.2 Å². The minimum atomic E-state index is 0.0322. The molecule has 1 N–H and O–H groups in total. The fourth-order valence-electron chi connectivity index (χ4n) is 2.10. The van der Waals surface area contributed by atoms with Crippen LogP contribution in [-0.2, 0) is 13.0 Å². The van der Waals surface area contributed by atoms with Gasteiger partial charge >= 0.3 is 0 Å². The number of hydrogen-bond acceptors (Lipinski definition) is 3. The number of pyridine rings is 1. The van der Waals surface area contributed by atoms with Crippen molar-refractivity contribution in [2.24, 2.45) is 0 Å². The zero-order valence-electron chi connectivity index (χ0n) is 13.0. The molecule has 0 aliphatic carbocycles. The molecule has 0 aliphatic heterocycles. The predicted octanol–water partition coefficient (Wildman–Crippen LogP) is 3.15. The molecule has 0 amide bonds. The van der Waals surface area contributed by atoms with Gasteiger partial charge in [-0.1, -0.05) is 13.0 Å². The van der Waals surface area contributed by atoms with Crippen molar-refractivity contribution >= 4 is 5.82 Å². The van der Waals surface area contributed by atoms with E-state index in [1.807, 2.05) is 13.1 Å². The van der Waals surface area contributed by atoms with E-state index >= 15 is 0 Å². The minimum Gasteiger partial charge on any atom is -0.348 e. The van der Waals surface area contributed by atoms with Crippen molar-refractivity contribution in [1.82, 2.24) is 10.3 Å². The average molecular weight is 261 g/mol. The predicted molar refractivity (Wildman–Crippen MR) is 83.7 cm³/mol. The van der Waals surface area contributed by atoms with E-state index in [2.05, 4.69) is 56.6 Å². The second kappa shape index (κ2) is 6.71. The maximum Gasteiger partial charge on any atom is 0.129 e. The molecule has 1 heterocycles. The normalized spacial score (nSPS) is 11.4. The first-order valence-electron chi connectivity index (χ1n) is 6.95. The molecule has 0 spiro atoms. The van der Waals surface area contributed by atoms with Gasteiger partial charge in [0, 0.05) is 24.3 Å². The fourth-order valence-corrected chi connectivity index (χ4v) is 2.10. The number of aromatic nitrogens is 1. The van der Waals surface area contributed by atoms with Crippen LogP contribution < -0.4 is 10.2 Å². The van der Waals surface area contributed by atoms with Crippen molar-refractivity contribution in [1.29, 1.82) is 0 Å². The first kappa shape index (κ1) is 15.7. The van der Waals surface area contributed by atoms with Gasteiger partial charge in [0.25, 0.3) is 0 Å². The summed E-state index contributed by atoms with van der Waals surface area (Å²) in [6, 6.07) is 4.35. The molecule has 19 heavy (non-hydrogen) atoms. The Hall–Kier alpha value is -1.35. The largest absolute Gasteiger partial charge is 0.348 e. The first-order chi connectivity index (χ1) is 8.92. The lowest BCUT2D eigenvalue weighted by atomic mass is 10.1. The monoisotopic (exact) mass is 261 g/mol. The van der Waals surface area contributed by atoms with E-state index in [9.17, 15) is 0 Å². The smallest absolute Gasteiger partial charge is 0.129 e. The lowest BCUT2D eigenvalue weighted by Crippen LogP contribution is -2.42. The molecule has 0 saturated heterocycles. The Balaban J connectivity index is 3.20. The highest BCUT2D eigenvalue weighted by molar-refractivity contribution is 5.46. The molecule has 0 fully saturated rings. The van der Waals surface area contributed by atoms with Crippen molar-refractivity contribution < 1.29 is 0 Å². The van der Waals surface area contributed by atoms with Crippen LogP contribution in [0.15, 0.2) is 24.8 Å². The number of hydrogen-bond donors (Lipinski definition) is 1. The minimum absolute atomic E-state index is 0.0322. The van der Waals surface area contributed by atoms with Crippen LogP contribution in [0.1, 0.15) is 39.0 Å². The van der Waals surface area contributed by atoms with Crippen molar-refractivity contribution in [2.75, 3.05) is 18.5 Å². The van der Waals surface area contributed by atoms with E-state index in [4.69, 9.17) is 4.98 Å². The molecule has 0 radical (unpaired) electrons. The topological polar surface area (TPSA) is 28.2 Å². The zero-order chi connectivity index (χ0) is 14.5. The van der Waals surface area contributed by atoms with Crippen molar-refractivity contribution in [3.05, 3.63) is 36.0 Å². The van der Waals surface area contributed by atoms with Gasteiger partial charge in [-0.25, -0.2) is 4.98 Å². The summed E-state index contributed by atoms with van der Waals surface area (Å²) in [7, 11) is 1.97. The van der Waals surface area contributed by atoms with E-state index in [0.717, 1.165) is 31.0 Å². The van der Waals surface area contributed by atoms with Crippen LogP contribution in [0, 0.1) is 0 Å². The lowest BCUT2D eigenvalue weighted by molar-refractivity contribution is 0.516. The highest BCUT2D eigenvalue weighted by Gasteiger charge is 2.22. The van der Waals surface area contributed by atoms with Gasteiger partial charge in [-0.2, -0.15) is 0 Å². The molecule has 3 heteroatoms. The molecule has 106 valence electrons. The summed E-state index contributed by atoms with van der Waals surface area (Å²) in [5.74, 6) is 1.04. The van der Waals surface area contributed by atoms with E-state index in [1.165, 1.54) is 5.56 Å². The molecule has 3 nitrogen and oxygen atoms in total. The van der Waals surface area contributed by atoms with Crippen molar-refractivity contribution in [2.45, 2.75) is 46.2 Å². The SMILES string of the molecule is C=CCN(c1cc(CNC)cc(CC)n1)C(C)(C)C. The van der Waals surface area contributed by atoms with Crippen molar-refractivity contribution in [3.8, 4) is 0 Å². The van der Waals surface area contributed by atoms with Gasteiger partial charge in [-0.05, 0) is 51.9 Å². The van der Waals surface area contributed by atoms with Gasteiger partial charge in [0.2, 0.25) is 0 Å². The van der Waals surface area contributed by atoms with Crippen LogP contribution in [0.3, 0.4) is 0 Å². The number of nitrogens with one attached hydrogen (secondary N) is 1. The van der Waals surface area contributed by atoms with Gasteiger partial charge in [-0.3, -0.25) is 0 Å². The van der Waals surface area contributed by atoms with E-state index < -0.39 is 0 Å². The zero-order valence-corrected chi connectivity index (χ0v) is 13.0. The van der Waals surface area contributed by atoms with Gasteiger partial charge in [-0.15, -0.1) is 6.58 Å². The Morgan fingerprint density at radius 2 is 2.05 bits per heavy atom. The fraction of sp³-hybridized carbons (Fsp3) is 0.562. The van der Waals surface area contributed by atoms with E-state index in [-0.39, 0.29) is 5.54 Å². The number of rotatable bonds is 6. The Morgan fingerprint density at radius 3 is 2.53 bits per heavy atom. The molecule has 0 atom stereocenters. The molecular formula is C16H27N3. The third kappa shape index (κ3) is 4.35. The summed E-state index contributed by atoms with van der Waals surface area (Å²) >= 11 is 0. The molecule has 0 aromatic carbocycles. The summed E-state index contributed by atoms with van der Waals surface area (Å²) in [5.41, 5.74) is 2.45. The molecular weight excluding hydrogens is 234 g/mol. The highest BCUT2D eigenvalue weighted by atomic mass is 15.2. The molecule has 0 unspecified atom stereocenters.